The Labute approximate surface area is 167 Å². The molecule has 0 spiro atoms. The molecule has 0 bridgehead atoms. The fourth-order valence-electron chi connectivity index (χ4n) is 4.03. The Bertz CT molecular complexity index is 579. The number of phenols is 2. The normalized spacial score (nSPS) is 15.9. The van der Waals surface area contributed by atoms with Gasteiger partial charge in [-0.3, -0.25) is 0 Å². The molecule has 1 aromatic carbocycles. The van der Waals surface area contributed by atoms with Gasteiger partial charge in [0, 0.05) is 6.07 Å². The lowest BCUT2D eigenvalue weighted by Crippen LogP contribution is -2.04. The molecule has 0 aliphatic heterocycles. The van der Waals surface area contributed by atoms with Gasteiger partial charge in [0.15, 0.2) is 0 Å². The maximum Gasteiger partial charge on any atom is 0.122 e. The van der Waals surface area contributed by atoms with Crippen LogP contribution in [0.3, 0.4) is 0 Å². The molecule has 1 fully saturated rings. The first kappa shape index (κ1) is 22.1. The van der Waals surface area contributed by atoms with Crippen molar-refractivity contribution in [3.05, 3.63) is 23.3 Å². The van der Waals surface area contributed by atoms with Crippen LogP contribution in [0.4, 0.5) is 0 Å². The Hall–Kier alpha value is -1.18. The number of rotatable bonds is 12. The van der Waals surface area contributed by atoms with E-state index in [-0.39, 0.29) is 11.5 Å². The second-order valence-corrected chi connectivity index (χ2v) is 10.4. The highest BCUT2D eigenvalue weighted by atomic mass is 16.3. The molecule has 0 unspecified atom stereocenters. The van der Waals surface area contributed by atoms with Crippen molar-refractivity contribution in [1.82, 2.24) is 0 Å². The van der Waals surface area contributed by atoms with Gasteiger partial charge in [-0.2, -0.15) is 0 Å². The van der Waals surface area contributed by atoms with Crippen LogP contribution >= 0.6 is 0 Å². The average Bonchev–Trinajstić information content (AvgIpc) is 3.28. The second-order valence-electron chi connectivity index (χ2n) is 10.4. The van der Waals surface area contributed by atoms with Gasteiger partial charge in [-0.05, 0) is 79.4 Å². The van der Waals surface area contributed by atoms with E-state index < -0.39 is 0 Å². The molecule has 2 rings (SSSR count). The zero-order chi connectivity index (χ0) is 19.9. The molecule has 154 valence electrons. The Morgan fingerprint density at radius 2 is 1.48 bits per heavy atom. The molecule has 0 heterocycles. The molecule has 0 atom stereocenters. The number of hydrogen-bond acceptors (Lipinski definition) is 2. The van der Waals surface area contributed by atoms with Crippen LogP contribution in [0.1, 0.15) is 109 Å². The molecule has 0 saturated heterocycles. The molecule has 2 N–H and O–H groups in total. The van der Waals surface area contributed by atoms with Crippen molar-refractivity contribution in [3.8, 4) is 11.5 Å². The standard InChI is InChI=1S/C25H42O2/c1-24(2,3)14-10-6-5-9-13-22-20(18-21(26)19-23(22)27)12-8-7-11-15-25(4)16-17-25/h18-19,26-27H,5-17H2,1-4H3. The molecule has 27 heavy (non-hydrogen) atoms. The molecule has 1 saturated carbocycles. The Morgan fingerprint density at radius 3 is 2.15 bits per heavy atom. The minimum Gasteiger partial charge on any atom is -0.508 e. The molecule has 0 amide bonds. The third kappa shape index (κ3) is 8.58. The summed E-state index contributed by atoms with van der Waals surface area (Å²) in [6, 6.07) is 3.38. The summed E-state index contributed by atoms with van der Waals surface area (Å²) in [5.74, 6) is 0.479. The molecule has 2 heteroatoms. The van der Waals surface area contributed by atoms with Crippen LogP contribution < -0.4 is 0 Å². The van der Waals surface area contributed by atoms with Gasteiger partial charge in [0.2, 0.25) is 0 Å². The third-order valence-corrected chi connectivity index (χ3v) is 6.24. The van der Waals surface area contributed by atoms with E-state index in [0.29, 0.717) is 10.8 Å². The van der Waals surface area contributed by atoms with Crippen LogP contribution in [0, 0.1) is 10.8 Å². The van der Waals surface area contributed by atoms with Crippen molar-refractivity contribution in [2.75, 3.05) is 0 Å². The third-order valence-electron chi connectivity index (χ3n) is 6.24. The fourth-order valence-corrected chi connectivity index (χ4v) is 4.03. The van der Waals surface area contributed by atoms with Crippen molar-refractivity contribution < 1.29 is 10.2 Å². The topological polar surface area (TPSA) is 40.5 Å². The molecule has 2 nitrogen and oxygen atoms in total. The van der Waals surface area contributed by atoms with E-state index in [1.807, 2.05) is 6.07 Å². The van der Waals surface area contributed by atoms with Crippen molar-refractivity contribution in [2.45, 2.75) is 111 Å². The summed E-state index contributed by atoms with van der Waals surface area (Å²) in [5.41, 5.74) is 3.30. The summed E-state index contributed by atoms with van der Waals surface area (Å²) < 4.78 is 0. The number of hydrogen-bond donors (Lipinski definition) is 2. The van der Waals surface area contributed by atoms with Crippen molar-refractivity contribution in [2.24, 2.45) is 10.8 Å². The fraction of sp³-hybridized carbons (Fsp3) is 0.760. The summed E-state index contributed by atoms with van der Waals surface area (Å²) in [4.78, 5) is 0. The van der Waals surface area contributed by atoms with E-state index in [2.05, 4.69) is 27.7 Å². The lowest BCUT2D eigenvalue weighted by Gasteiger charge is -2.17. The highest BCUT2D eigenvalue weighted by Gasteiger charge is 2.35. The number of unbranched alkanes of at least 4 members (excludes halogenated alkanes) is 5. The van der Waals surface area contributed by atoms with Crippen LogP contribution in [-0.2, 0) is 12.8 Å². The van der Waals surface area contributed by atoms with E-state index in [9.17, 15) is 10.2 Å². The predicted molar refractivity (Wildman–Crippen MR) is 116 cm³/mol. The van der Waals surface area contributed by atoms with E-state index >= 15 is 0 Å². The van der Waals surface area contributed by atoms with Crippen LogP contribution in [0.25, 0.3) is 0 Å². The first-order chi connectivity index (χ1) is 12.7. The highest BCUT2D eigenvalue weighted by molar-refractivity contribution is 5.45. The minimum atomic E-state index is 0.196. The van der Waals surface area contributed by atoms with Gasteiger partial charge in [0.1, 0.15) is 11.5 Å². The van der Waals surface area contributed by atoms with Gasteiger partial charge < -0.3 is 10.2 Å². The second kappa shape index (κ2) is 9.85. The maximum absolute atomic E-state index is 10.3. The number of aromatic hydroxyl groups is 2. The Morgan fingerprint density at radius 1 is 0.852 bits per heavy atom. The molecular formula is C25H42O2. The highest BCUT2D eigenvalue weighted by Crippen LogP contribution is 2.49. The molecule has 0 radical (unpaired) electrons. The van der Waals surface area contributed by atoms with Gasteiger partial charge in [0.25, 0.3) is 0 Å². The zero-order valence-electron chi connectivity index (χ0n) is 18.2. The van der Waals surface area contributed by atoms with Gasteiger partial charge in [0.05, 0.1) is 0 Å². The largest absolute Gasteiger partial charge is 0.508 e. The maximum atomic E-state index is 10.3. The summed E-state index contributed by atoms with van der Waals surface area (Å²) in [6.45, 7) is 9.32. The van der Waals surface area contributed by atoms with Crippen LogP contribution in [0.5, 0.6) is 11.5 Å². The summed E-state index contributed by atoms with van der Waals surface area (Å²) in [6.07, 6.45) is 16.0. The smallest absolute Gasteiger partial charge is 0.122 e. The molecule has 1 aliphatic rings. The molecule has 1 aromatic rings. The van der Waals surface area contributed by atoms with Crippen LogP contribution in [0.2, 0.25) is 0 Å². The van der Waals surface area contributed by atoms with E-state index in [1.54, 1.807) is 0 Å². The lowest BCUT2D eigenvalue weighted by atomic mass is 9.89. The van der Waals surface area contributed by atoms with Gasteiger partial charge in [-0.25, -0.2) is 0 Å². The summed E-state index contributed by atoms with van der Waals surface area (Å²) in [5, 5.41) is 20.2. The lowest BCUT2D eigenvalue weighted by molar-refractivity contribution is 0.357. The van der Waals surface area contributed by atoms with E-state index in [4.69, 9.17) is 0 Å². The quantitative estimate of drug-likeness (QED) is 0.371. The van der Waals surface area contributed by atoms with Gasteiger partial charge in [-0.1, -0.05) is 59.8 Å². The van der Waals surface area contributed by atoms with Crippen LogP contribution in [-0.4, -0.2) is 10.2 Å². The summed E-state index contributed by atoms with van der Waals surface area (Å²) >= 11 is 0. The molecular weight excluding hydrogens is 332 g/mol. The minimum absolute atomic E-state index is 0.196. The van der Waals surface area contributed by atoms with Crippen molar-refractivity contribution >= 4 is 0 Å². The first-order valence-electron chi connectivity index (χ1n) is 11.2. The number of phenolic OH excluding ortho intramolecular Hbond substituents is 2. The van der Waals surface area contributed by atoms with Crippen molar-refractivity contribution in [3.63, 3.8) is 0 Å². The number of benzene rings is 1. The molecule has 1 aliphatic carbocycles. The number of aryl methyl sites for hydroxylation is 1. The van der Waals surface area contributed by atoms with Crippen molar-refractivity contribution in [1.29, 1.82) is 0 Å². The molecule has 0 aromatic heterocycles. The van der Waals surface area contributed by atoms with Gasteiger partial charge >= 0.3 is 0 Å². The summed E-state index contributed by atoms with van der Waals surface area (Å²) in [7, 11) is 0. The SMILES string of the molecule is CC(C)(C)CCCCCCc1c(O)cc(O)cc1CCCCCC1(C)CC1. The van der Waals surface area contributed by atoms with E-state index in [1.165, 1.54) is 63.9 Å². The Kier molecular flexibility index (Phi) is 8.06. The monoisotopic (exact) mass is 374 g/mol. The van der Waals surface area contributed by atoms with Gasteiger partial charge in [-0.15, -0.1) is 0 Å². The Balaban J connectivity index is 1.74. The first-order valence-corrected chi connectivity index (χ1v) is 11.2. The zero-order valence-corrected chi connectivity index (χ0v) is 18.2. The average molecular weight is 375 g/mol. The predicted octanol–water partition coefficient (Wildman–Crippen LogP) is 7.54. The van der Waals surface area contributed by atoms with E-state index in [0.717, 1.165) is 36.8 Å². The van der Waals surface area contributed by atoms with Crippen LogP contribution in [0.15, 0.2) is 12.1 Å².